The maximum Gasteiger partial charge on any atom is 0.460 e. The molecule has 0 aromatic heterocycles. The number of hydrogen-bond donors (Lipinski definition) is 1. The first-order chi connectivity index (χ1) is 17.2. The molecule has 38 heavy (non-hydrogen) atoms. The predicted octanol–water partition coefficient (Wildman–Crippen LogP) is 8.86. The van der Waals surface area contributed by atoms with Crippen LogP contribution in [-0.2, 0) is 10.1 Å². The second-order valence-electron chi connectivity index (χ2n) is 9.70. The Morgan fingerprint density at radius 3 is 0.974 bits per heavy atom. The summed E-state index contributed by atoms with van der Waals surface area (Å²) in [6, 6.07) is 0. The molecule has 0 aliphatic rings. The minimum atomic E-state index is -7.37. The lowest BCUT2D eigenvalue weighted by molar-refractivity contribution is -0.929. The van der Waals surface area contributed by atoms with Crippen LogP contribution in [0.25, 0.3) is 0 Å². The van der Waals surface area contributed by atoms with Gasteiger partial charge in [-0.05, 0) is 51.4 Å². The molecule has 0 saturated carbocycles. The number of quaternary nitrogens is 1. The highest BCUT2D eigenvalue weighted by atomic mass is 32.2. The molecule has 0 heterocycles. The summed E-state index contributed by atoms with van der Waals surface area (Å²) < 4.78 is 135. The van der Waals surface area contributed by atoms with Gasteiger partial charge in [0.25, 0.3) is 0 Å². The first-order valence-electron chi connectivity index (χ1n) is 13.3. The highest BCUT2D eigenvalue weighted by molar-refractivity contribution is 7.87. The number of nitrogens with zero attached hydrogens (tertiary/aromatic N) is 1. The molecule has 232 valence electrons. The smallest absolute Gasteiger partial charge is 0.324 e. The maximum atomic E-state index is 12.2. The Bertz CT molecular complexity index is 685. The van der Waals surface area contributed by atoms with Crippen molar-refractivity contribution >= 4 is 10.1 Å². The molecule has 0 unspecified atom stereocenters. The molecular weight excluding hydrogens is 553 g/mol. The van der Waals surface area contributed by atoms with Crippen molar-refractivity contribution in [2.45, 2.75) is 128 Å². The Hall–Kier alpha value is -0.760. The molecule has 0 aromatic rings. The Balaban J connectivity index is 0. The summed E-state index contributed by atoms with van der Waals surface area (Å²) in [4.78, 5) is 0. The third-order valence-corrected chi connectivity index (χ3v) is 7.29. The van der Waals surface area contributed by atoms with Crippen molar-refractivity contribution in [3.05, 3.63) is 0 Å². The highest BCUT2D eigenvalue weighted by Gasteiger charge is 2.85. The third kappa shape index (κ3) is 11.8. The van der Waals surface area contributed by atoms with E-state index in [0.717, 1.165) is 0 Å². The van der Waals surface area contributed by atoms with Crippen LogP contribution in [0.1, 0.15) is 105 Å². The molecule has 0 aliphatic heterocycles. The van der Waals surface area contributed by atoms with Crippen LogP contribution >= 0.6 is 0 Å². The molecular formula is C24H45F9NO3S+. The van der Waals surface area contributed by atoms with Gasteiger partial charge in [0.2, 0.25) is 0 Å². The Morgan fingerprint density at radius 1 is 0.526 bits per heavy atom. The van der Waals surface area contributed by atoms with E-state index in [-0.39, 0.29) is 0 Å². The number of hydrogen-bond acceptors (Lipinski definition) is 2. The molecule has 0 atom stereocenters. The molecule has 0 amide bonds. The molecule has 4 nitrogen and oxygen atoms in total. The van der Waals surface area contributed by atoms with Crippen LogP contribution in [0.3, 0.4) is 0 Å². The lowest BCUT2D eigenvalue weighted by Gasteiger charge is -2.39. The van der Waals surface area contributed by atoms with Gasteiger partial charge < -0.3 is 4.48 Å². The zero-order valence-electron chi connectivity index (χ0n) is 22.8. The molecule has 14 heteroatoms. The van der Waals surface area contributed by atoms with Crippen LogP contribution in [0.15, 0.2) is 0 Å². The van der Waals surface area contributed by atoms with Crippen molar-refractivity contribution in [3.8, 4) is 0 Å². The zero-order chi connectivity index (χ0) is 30.3. The third-order valence-electron chi connectivity index (χ3n) is 6.38. The van der Waals surface area contributed by atoms with E-state index in [4.69, 9.17) is 4.55 Å². The summed E-state index contributed by atoms with van der Waals surface area (Å²) in [6.45, 7) is 15.1. The number of halogens is 9. The molecule has 0 radical (unpaired) electrons. The fourth-order valence-electron chi connectivity index (χ4n) is 3.98. The molecule has 0 saturated heterocycles. The van der Waals surface area contributed by atoms with Gasteiger partial charge in [0.05, 0.1) is 26.2 Å². The molecule has 0 aromatic carbocycles. The first kappa shape index (κ1) is 39.4. The second-order valence-corrected chi connectivity index (χ2v) is 11.2. The standard InChI is InChI=1S/C20H44N.C4HF9O3S/c1-5-9-13-17-21(18-14-10-6-2,19-15-11-7-3)20-16-12-8-4;5-1(6,3(9,10)11)2(7,8)4(12,13)17(14,15)16/h5-20H2,1-4H3;(H,14,15,16)/q+1;. The van der Waals surface area contributed by atoms with E-state index in [1.165, 1.54) is 108 Å². The summed E-state index contributed by atoms with van der Waals surface area (Å²) in [5.41, 5.74) is 0. The van der Waals surface area contributed by atoms with Gasteiger partial charge >= 0.3 is 33.4 Å². The Morgan fingerprint density at radius 2 is 0.789 bits per heavy atom. The van der Waals surface area contributed by atoms with E-state index in [9.17, 15) is 47.9 Å². The van der Waals surface area contributed by atoms with Crippen molar-refractivity contribution in [1.29, 1.82) is 0 Å². The van der Waals surface area contributed by atoms with Crippen molar-refractivity contribution in [1.82, 2.24) is 0 Å². The fourth-order valence-corrected chi connectivity index (χ4v) is 4.43. The lowest BCUT2D eigenvalue weighted by Crippen LogP contribution is -2.63. The van der Waals surface area contributed by atoms with Crippen LogP contribution in [0.2, 0.25) is 0 Å². The Kier molecular flexibility index (Phi) is 17.8. The maximum absolute atomic E-state index is 12.2. The molecule has 0 rings (SSSR count). The molecule has 0 aliphatic carbocycles. The summed E-state index contributed by atoms with van der Waals surface area (Å²) in [5.74, 6) is -14.7. The van der Waals surface area contributed by atoms with Gasteiger partial charge in [-0.15, -0.1) is 0 Å². The van der Waals surface area contributed by atoms with Gasteiger partial charge in [0, 0.05) is 0 Å². The topological polar surface area (TPSA) is 54.4 Å². The van der Waals surface area contributed by atoms with Crippen molar-refractivity contribution in [3.63, 3.8) is 0 Å². The van der Waals surface area contributed by atoms with Gasteiger partial charge in [-0.3, -0.25) is 4.55 Å². The average molecular weight is 599 g/mol. The number of rotatable bonds is 19. The fraction of sp³-hybridized carbons (Fsp3) is 1.00. The van der Waals surface area contributed by atoms with Crippen molar-refractivity contribution in [2.24, 2.45) is 0 Å². The van der Waals surface area contributed by atoms with Gasteiger partial charge in [-0.2, -0.15) is 47.9 Å². The normalized spacial score (nSPS) is 13.8. The number of alkyl halides is 9. The minimum absolute atomic E-state index is 1.36. The van der Waals surface area contributed by atoms with Gasteiger partial charge in [0.1, 0.15) is 0 Å². The van der Waals surface area contributed by atoms with E-state index < -0.39 is 33.4 Å². The molecule has 1 N–H and O–H groups in total. The van der Waals surface area contributed by atoms with E-state index in [1.807, 2.05) is 0 Å². The highest BCUT2D eigenvalue weighted by Crippen LogP contribution is 2.54. The largest absolute Gasteiger partial charge is 0.460 e. The van der Waals surface area contributed by atoms with E-state index in [0.29, 0.717) is 0 Å². The van der Waals surface area contributed by atoms with Crippen molar-refractivity contribution < 1.29 is 57.0 Å². The monoisotopic (exact) mass is 598 g/mol. The summed E-state index contributed by atoms with van der Waals surface area (Å²) >= 11 is 0. The zero-order valence-corrected chi connectivity index (χ0v) is 23.7. The first-order valence-corrected chi connectivity index (χ1v) is 14.7. The second kappa shape index (κ2) is 17.1. The van der Waals surface area contributed by atoms with Crippen LogP contribution < -0.4 is 0 Å². The summed E-state index contributed by atoms with van der Waals surface area (Å²) in [5, 5.41) is -7.00. The van der Waals surface area contributed by atoms with Gasteiger partial charge in [0.15, 0.2) is 0 Å². The molecule has 0 fully saturated rings. The van der Waals surface area contributed by atoms with Crippen LogP contribution in [0.4, 0.5) is 39.5 Å². The summed E-state index contributed by atoms with van der Waals surface area (Å²) in [6.07, 6.45) is 9.79. The van der Waals surface area contributed by atoms with Crippen molar-refractivity contribution in [2.75, 3.05) is 26.2 Å². The Labute approximate surface area is 221 Å². The van der Waals surface area contributed by atoms with Crippen LogP contribution in [0.5, 0.6) is 0 Å². The van der Waals surface area contributed by atoms with E-state index >= 15 is 0 Å². The van der Waals surface area contributed by atoms with Gasteiger partial charge in [-0.1, -0.05) is 53.4 Å². The summed E-state index contributed by atoms with van der Waals surface area (Å²) in [7, 11) is -7.17. The average Bonchev–Trinajstić information content (AvgIpc) is 2.78. The molecule has 0 spiro atoms. The molecule has 0 bridgehead atoms. The SMILES string of the molecule is CCCCC[N+](CCCCC)(CCCCC)CCCCC.O=S(=O)(O)C(F)(F)C(F)(F)C(F)(F)C(F)(F)F. The predicted molar refractivity (Wildman–Crippen MR) is 130 cm³/mol. The van der Waals surface area contributed by atoms with Crippen LogP contribution in [0, 0.1) is 0 Å². The minimum Gasteiger partial charge on any atom is -0.324 e. The van der Waals surface area contributed by atoms with Crippen LogP contribution in [-0.4, -0.2) is 66.9 Å². The van der Waals surface area contributed by atoms with E-state index in [2.05, 4.69) is 27.7 Å². The lowest BCUT2D eigenvalue weighted by atomic mass is 10.1. The van der Waals surface area contributed by atoms with Gasteiger partial charge in [-0.25, -0.2) is 0 Å². The quantitative estimate of drug-likeness (QED) is 0.0700. The number of unbranched alkanes of at least 4 members (excludes halogenated alkanes) is 8. The van der Waals surface area contributed by atoms with E-state index in [1.54, 1.807) is 0 Å².